The third kappa shape index (κ3) is 2.38. The minimum atomic E-state index is -0.762. The molecule has 0 spiro atoms. The second-order valence-corrected chi connectivity index (χ2v) is 4.52. The zero-order chi connectivity index (χ0) is 14.2. The van der Waals surface area contributed by atoms with Crippen molar-refractivity contribution < 1.29 is 28.6 Å². The first-order valence-electron chi connectivity index (χ1n) is 5.81. The van der Waals surface area contributed by atoms with Crippen molar-refractivity contribution in [2.75, 3.05) is 7.11 Å². The van der Waals surface area contributed by atoms with Crippen molar-refractivity contribution in [1.29, 1.82) is 0 Å². The molecule has 102 valence electrons. The van der Waals surface area contributed by atoms with Gasteiger partial charge in [0.05, 0.1) is 12.7 Å². The summed E-state index contributed by atoms with van der Waals surface area (Å²) in [6, 6.07) is 0. The van der Waals surface area contributed by atoms with Crippen LogP contribution in [0.3, 0.4) is 0 Å². The number of hydrogen-bond donors (Lipinski definition) is 0. The van der Waals surface area contributed by atoms with Crippen LogP contribution in [0, 0.1) is 5.92 Å². The number of carbonyl (C=O) groups excluding carboxylic acids is 3. The maximum Gasteiger partial charge on any atom is 0.337 e. The van der Waals surface area contributed by atoms with E-state index in [1.165, 1.54) is 20.1 Å². The number of ether oxygens (including phenoxy) is 3. The molecule has 0 aromatic carbocycles. The molecule has 0 amide bonds. The molecule has 6 heteroatoms. The van der Waals surface area contributed by atoms with Gasteiger partial charge in [-0.15, -0.1) is 0 Å². The van der Waals surface area contributed by atoms with Crippen LogP contribution in [0.1, 0.15) is 13.3 Å². The van der Waals surface area contributed by atoms with Gasteiger partial charge in [0.25, 0.3) is 0 Å². The summed E-state index contributed by atoms with van der Waals surface area (Å²) < 4.78 is 14.9. The van der Waals surface area contributed by atoms with Gasteiger partial charge in [-0.3, -0.25) is 4.79 Å². The van der Waals surface area contributed by atoms with E-state index in [0.29, 0.717) is 5.57 Å². The van der Waals surface area contributed by atoms with E-state index in [4.69, 9.17) is 9.47 Å². The summed E-state index contributed by atoms with van der Waals surface area (Å²) in [4.78, 5) is 34.6. The summed E-state index contributed by atoms with van der Waals surface area (Å²) in [7, 11) is 1.26. The summed E-state index contributed by atoms with van der Waals surface area (Å²) in [6.45, 7) is 5.00. The van der Waals surface area contributed by atoms with E-state index in [-0.39, 0.29) is 12.0 Å². The van der Waals surface area contributed by atoms with Crippen LogP contribution in [-0.4, -0.2) is 37.2 Å². The Kier molecular flexibility index (Phi) is 3.42. The lowest BCUT2D eigenvalue weighted by Crippen LogP contribution is -2.49. The molecule has 3 rings (SSSR count). The maximum atomic E-state index is 11.6. The number of fused-ring (bicyclic) bond motifs is 2. The Morgan fingerprint density at radius 2 is 2.16 bits per heavy atom. The fourth-order valence-electron chi connectivity index (χ4n) is 2.12. The summed E-state index contributed by atoms with van der Waals surface area (Å²) in [5.41, 5.74) is 0.557. The van der Waals surface area contributed by atoms with Crippen LogP contribution in [0.2, 0.25) is 0 Å². The Morgan fingerprint density at radius 3 is 2.68 bits per heavy atom. The maximum absolute atomic E-state index is 11.6. The van der Waals surface area contributed by atoms with Crippen molar-refractivity contribution in [3.8, 4) is 0 Å². The van der Waals surface area contributed by atoms with Gasteiger partial charge in [-0.25, -0.2) is 9.59 Å². The molecule has 0 unspecified atom stereocenters. The highest BCUT2D eigenvalue weighted by atomic mass is 16.6. The smallest absolute Gasteiger partial charge is 0.337 e. The molecule has 0 aromatic heterocycles. The van der Waals surface area contributed by atoms with E-state index in [1.54, 1.807) is 0 Å². The molecule has 2 heterocycles. The van der Waals surface area contributed by atoms with E-state index < -0.39 is 36.0 Å². The predicted molar refractivity (Wildman–Crippen MR) is 62.8 cm³/mol. The Morgan fingerprint density at radius 1 is 1.47 bits per heavy atom. The fraction of sp³-hybridized carbons (Fsp3) is 0.462. The van der Waals surface area contributed by atoms with E-state index in [1.807, 2.05) is 0 Å². The third-order valence-electron chi connectivity index (χ3n) is 3.11. The van der Waals surface area contributed by atoms with Crippen LogP contribution in [0.25, 0.3) is 0 Å². The van der Waals surface area contributed by atoms with Crippen molar-refractivity contribution in [2.24, 2.45) is 5.92 Å². The number of rotatable bonds is 3. The average Bonchev–Trinajstić information content (AvgIpc) is 2.37. The fourth-order valence-corrected chi connectivity index (χ4v) is 2.12. The van der Waals surface area contributed by atoms with Gasteiger partial charge in [0, 0.05) is 12.0 Å². The highest BCUT2D eigenvalue weighted by Crippen LogP contribution is 2.35. The standard InChI is InChI=1S/C13H14O6/c1-6(2)11(14)18-10-5-9-7(12(15)17-3)4-8(10)13(16)19-9/h4,8-10H,1,5H2,2-3H3/t8-,9-,10-/m0/s1. The van der Waals surface area contributed by atoms with Gasteiger partial charge in [-0.05, 0) is 6.92 Å². The molecular formula is C13H14O6. The molecule has 0 saturated carbocycles. The van der Waals surface area contributed by atoms with Gasteiger partial charge in [-0.2, -0.15) is 0 Å². The zero-order valence-electron chi connectivity index (χ0n) is 10.7. The van der Waals surface area contributed by atoms with Crippen LogP contribution in [0.5, 0.6) is 0 Å². The van der Waals surface area contributed by atoms with E-state index in [0.717, 1.165) is 0 Å². The molecule has 2 aliphatic heterocycles. The molecule has 6 nitrogen and oxygen atoms in total. The molecule has 3 atom stereocenters. The van der Waals surface area contributed by atoms with Crippen molar-refractivity contribution >= 4 is 17.9 Å². The lowest BCUT2D eigenvalue weighted by atomic mass is 9.82. The van der Waals surface area contributed by atoms with E-state index >= 15 is 0 Å². The lowest BCUT2D eigenvalue weighted by molar-refractivity contribution is -0.175. The van der Waals surface area contributed by atoms with Gasteiger partial charge >= 0.3 is 17.9 Å². The summed E-state index contributed by atoms with van der Waals surface area (Å²) >= 11 is 0. The van der Waals surface area contributed by atoms with Crippen LogP contribution in [-0.2, 0) is 28.6 Å². The summed E-state index contributed by atoms with van der Waals surface area (Å²) in [6.07, 6.45) is 0.384. The van der Waals surface area contributed by atoms with E-state index in [9.17, 15) is 14.4 Å². The normalized spacial score (nSPS) is 28.2. The van der Waals surface area contributed by atoms with Crippen molar-refractivity contribution in [3.63, 3.8) is 0 Å². The Labute approximate surface area is 110 Å². The molecule has 1 fully saturated rings. The van der Waals surface area contributed by atoms with Crippen molar-refractivity contribution in [1.82, 2.24) is 0 Å². The molecule has 1 saturated heterocycles. The Balaban J connectivity index is 2.19. The van der Waals surface area contributed by atoms with Crippen LogP contribution in [0.15, 0.2) is 23.8 Å². The quantitative estimate of drug-likeness (QED) is 0.421. The zero-order valence-corrected chi connectivity index (χ0v) is 10.7. The van der Waals surface area contributed by atoms with Crippen LogP contribution >= 0.6 is 0 Å². The third-order valence-corrected chi connectivity index (χ3v) is 3.11. The highest BCUT2D eigenvalue weighted by molar-refractivity contribution is 5.94. The molecule has 2 bridgehead atoms. The van der Waals surface area contributed by atoms with Crippen LogP contribution in [0.4, 0.5) is 0 Å². The molecule has 19 heavy (non-hydrogen) atoms. The minimum absolute atomic E-state index is 0.256. The van der Waals surface area contributed by atoms with E-state index in [2.05, 4.69) is 11.3 Å². The molecule has 0 radical (unpaired) electrons. The van der Waals surface area contributed by atoms with Gasteiger partial charge in [-0.1, -0.05) is 12.7 Å². The SMILES string of the molecule is C=C(C)C(=O)O[C@H]1C[C@@H]2OC(=O)[C@H]1C=C2C(=O)OC. The lowest BCUT2D eigenvalue weighted by Gasteiger charge is -2.38. The Bertz CT molecular complexity index is 489. The first-order chi connectivity index (χ1) is 8.93. The molecule has 1 aliphatic carbocycles. The van der Waals surface area contributed by atoms with Gasteiger partial charge < -0.3 is 14.2 Å². The number of methoxy groups -OCH3 is 1. The number of esters is 3. The van der Waals surface area contributed by atoms with Gasteiger partial charge in [0.15, 0.2) is 0 Å². The topological polar surface area (TPSA) is 78.9 Å². The molecular weight excluding hydrogens is 252 g/mol. The summed E-state index contributed by atoms with van der Waals surface area (Å²) in [5, 5.41) is 0. The Hall–Kier alpha value is -2.11. The summed E-state index contributed by atoms with van der Waals surface area (Å²) in [5.74, 6) is -2.35. The predicted octanol–water partition coefficient (Wildman–Crippen LogP) is 0.519. The monoisotopic (exact) mass is 266 g/mol. The largest absolute Gasteiger partial charge is 0.466 e. The number of carbonyl (C=O) groups is 3. The minimum Gasteiger partial charge on any atom is -0.466 e. The molecule has 3 aliphatic rings. The second-order valence-electron chi connectivity index (χ2n) is 4.52. The van der Waals surface area contributed by atoms with Crippen molar-refractivity contribution in [2.45, 2.75) is 25.6 Å². The van der Waals surface area contributed by atoms with Gasteiger partial charge in [0.1, 0.15) is 18.1 Å². The first kappa shape index (κ1) is 13.3. The molecule has 0 aromatic rings. The average molecular weight is 266 g/mol. The number of hydrogen-bond acceptors (Lipinski definition) is 6. The van der Waals surface area contributed by atoms with Gasteiger partial charge in [0.2, 0.25) is 0 Å². The second kappa shape index (κ2) is 4.87. The first-order valence-corrected chi connectivity index (χ1v) is 5.81. The highest BCUT2D eigenvalue weighted by Gasteiger charge is 2.47. The van der Waals surface area contributed by atoms with Crippen molar-refractivity contribution in [3.05, 3.63) is 23.8 Å². The molecule has 0 N–H and O–H groups in total. The van der Waals surface area contributed by atoms with Crippen LogP contribution < -0.4 is 0 Å².